The highest BCUT2D eigenvalue weighted by molar-refractivity contribution is 5.83. The van der Waals surface area contributed by atoms with Crippen molar-refractivity contribution in [2.24, 2.45) is 0 Å². The largest absolute Gasteiger partial charge is 0.475 e. The second-order valence-electron chi connectivity index (χ2n) is 5.44. The molecule has 5 nitrogen and oxygen atoms in total. The molecular weight excluding hydrogens is 266 g/mol. The van der Waals surface area contributed by atoms with E-state index in [1.165, 1.54) is 18.4 Å². The van der Waals surface area contributed by atoms with Crippen LogP contribution in [-0.2, 0) is 6.42 Å². The summed E-state index contributed by atoms with van der Waals surface area (Å²) >= 11 is 0. The fourth-order valence-electron chi connectivity index (χ4n) is 2.16. The molecule has 1 aromatic heterocycles. The molecule has 0 radical (unpaired) electrons. The van der Waals surface area contributed by atoms with Crippen molar-refractivity contribution in [1.82, 2.24) is 14.8 Å². The normalized spacial score (nSPS) is 11.0. The Morgan fingerprint density at radius 3 is 2.48 bits per heavy atom. The first-order valence-electron chi connectivity index (χ1n) is 7.32. The van der Waals surface area contributed by atoms with Crippen LogP contribution in [0.4, 0.5) is 0 Å². The molecule has 2 aromatic rings. The van der Waals surface area contributed by atoms with Crippen molar-refractivity contribution in [2.75, 3.05) is 0 Å². The second-order valence-corrected chi connectivity index (χ2v) is 5.44. The van der Waals surface area contributed by atoms with Crippen LogP contribution >= 0.6 is 0 Å². The van der Waals surface area contributed by atoms with Crippen LogP contribution in [0.1, 0.15) is 61.5 Å². The molecule has 0 aliphatic carbocycles. The molecule has 0 aliphatic rings. The maximum Gasteiger partial charge on any atom is 0.375 e. The number of unbranched alkanes of at least 4 members (excludes halogenated alkanes) is 1. The summed E-state index contributed by atoms with van der Waals surface area (Å²) in [5.41, 5.74) is 2.13. The van der Waals surface area contributed by atoms with E-state index < -0.39 is 5.97 Å². The standard InChI is InChI=1S/C16H21N3O2/c1-4-5-6-12-7-9-13(10-8-12)19-15(11(2)3)17-14(18-19)16(20)21/h7-11H,4-6H2,1-3H3,(H,20,21). The number of hydrogen-bond acceptors (Lipinski definition) is 3. The Morgan fingerprint density at radius 2 is 1.95 bits per heavy atom. The molecule has 0 atom stereocenters. The van der Waals surface area contributed by atoms with Gasteiger partial charge in [0.05, 0.1) is 5.69 Å². The van der Waals surface area contributed by atoms with E-state index in [9.17, 15) is 4.79 Å². The van der Waals surface area contributed by atoms with E-state index in [1.807, 2.05) is 26.0 Å². The zero-order valence-corrected chi connectivity index (χ0v) is 12.7. The molecule has 1 heterocycles. The molecule has 0 spiro atoms. The van der Waals surface area contributed by atoms with Crippen LogP contribution in [0, 0.1) is 0 Å². The van der Waals surface area contributed by atoms with Crippen molar-refractivity contribution in [3.8, 4) is 5.69 Å². The molecule has 0 saturated carbocycles. The van der Waals surface area contributed by atoms with Gasteiger partial charge < -0.3 is 5.11 Å². The molecule has 0 amide bonds. The van der Waals surface area contributed by atoms with Crippen LogP contribution in [0.5, 0.6) is 0 Å². The lowest BCUT2D eigenvalue weighted by Gasteiger charge is -2.09. The average Bonchev–Trinajstić information content (AvgIpc) is 2.91. The third-order valence-corrected chi connectivity index (χ3v) is 3.34. The molecule has 5 heteroatoms. The Bertz CT molecular complexity index is 615. The van der Waals surface area contributed by atoms with Gasteiger partial charge in [-0.3, -0.25) is 0 Å². The molecular formula is C16H21N3O2. The summed E-state index contributed by atoms with van der Waals surface area (Å²) in [6, 6.07) is 8.07. The van der Waals surface area contributed by atoms with Crippen LogP contribution in [0.15, 0.2) is 24.3 Å². The minimum Gasteiger partial charge on any atom is -0.475 e. The number of benzene rings is 1. The van der Waals surface area contributed by atoms with E-state index in [2.05, 4.69) is 29.1 Å². The number of aromatic nitrogens is 3. The zero-order chi connectivity index (χ0) is 15.4. The lowest BCUT2D eigenvalue weighted by Crippen LogP contribution is -2.05. The maximum atomic E-state index is 11.1. The van der Waals surface area contributed by atoms with Crippen LogP contribution in [0.2, 0.25) is 0 Å². The van der Waals surface area contributed by atoms with Gasteiger partial charge in [-0.15, -0.1) is 5.10 Å². The van der Waals surface area contributed by atoms with Crippen LogP contribution in [0.3, 0.4) is 0 Å². The van der Waals surface area contributed by atoms with Crippen LogP contribution < -0.4 is 0 Å². The Hall–Kier alpha value is -2.17. The van der Waals surface area contributed by atoms with Gasteiger partial charge in [0, 0.05) is 5.92 Å². The summed E-state index contributed by atoms with van der Waals surface area (Å²) < 4.78 is 1.62. The smallest absolute Gasteiger partial charge is 0.375 e. The van der Waals surface area contributed by atoms with E-state index in [0.717, 1.165) is 12.1 Å². The lowest BCUT2D eigenvalue weighted by molar-refractivity contribution is 0.0683. The van der Waals surface area contributed by atoms with E-state index in [-0.39, 0.29) is 11.7 Å². The number of carboxylic acid groups (broad SMARTS) is 1. The molecule has 0 bridgehead atoms. The maximum absolute atomic E-state index is 11.1. The number of rotatable bonds is 6. The van der Waals surface area contributed by atoms with Crippen molar-refractivity contribution in [2.45, 2.75) is 46.0 Å². The number of hydrogen-bond donors (Lipinski definition) is 1. The predicted molar refractivity (Wildman–Crippen MR) is 81.0 cm³/mol. The molecule has 112 valence electrons. The Kier molecular flexibility index (Phi) is 4.73. The third kappa shape index (κ3) is 3.48. The van der Waals surface area contributed by atoms with Gasteiger partial charge in [-0.1, -0.05) is 39.3 Å². The van der Waals surface area contributed by atoms with Gasteiger partial charge in [-0.2, -0.15) is 0 Å². The Balaban J connectivity index is 2.34. The van der Waals surface area contributed by atoms with Gasteiger partial charge >= 0.3 is 5.97 Å². The van der Waals surface area contributed by atoms with E-state index in [1.54, 1.807) is 4.68 Å². The van der Waals surface area contributed by atoms with Crippen LogP contribution in [0.25, 0.3) is 5.69 Å². The monoisotopic (exact) mass is 287 g/mol. The van der Waals surface area contributed by atoms with Gasteiger partial charge in [-0.05, 0) is 30.5 Å². The first-order chi connectivity index (χ1) is 10.0. The first kappa shape index (κ1) is 15.2. The summed E-state index contributed by atoms with van der Waals surface area (Å²) in [7, 11) is 0. The van der Waals surface area contributed by atoms with Gasteiger partial charge in [0.25, 0.3) is 5.82 Å². The summed E-state index contributed by atoms with van der Waals surface area (Å²) in [6.45, 7) is 6.12. The molecule has 2 rings (SSSR count). The van der Waals surface area contributed by atoms with Crippen molar-refractivity contribution in [1.29, 1.82) is 0 Å². The third-order valence-electron chi connectivity index (χ3n) is 3.34. The van der Waals surface area contributed by atoms with Gasteiger partial charge in [0.2, 0.25) is 0 Å². The minimum atomic E-state index is -1.10. The van der Waals surface area contributed by atoms with Gasteiger partial charge in [0.1, 0.15) is 5.82 Å². The van der Waals surface area contributed by atoms with Gasteiger partial charge in [-0.25, -0.2) is 14.5 Å². The van der Waals surface area contributed by atoms with E-state index >= 15 is 0 Å². The summed E-state index contributed by atoms with van der Waals surface area (Å²) in [6.07, 6.45) is 3.40. The summed E-state index contributed by atoms with van der Waals surface area (Å²) in [5, 5.41) is 13.2. The number of aromatic carboxylic acids is 1. The predicted octanol–water partition coefficient (Wildman–Crippen LogP) is 3.43. The van der Waals surface area contributed by atoms with Crippen molar-refractivity contribution in [3.05, 3.63) is 41.5 Å². The number of nitrogens with zero attached hydrogens (tertiary/aromatic N) is 3. The topological polar surface area (TPSA) is 68.0 Å². The molecule has 21 heavy (non-hydrogen) atoms. The molecule has 0 fully saturated rings. The Labute approximate surface area is 124 Å². The highest BCUT2D eigenvalue weighted by atomic mass is 16.4. The second kappa shape index (κ2) is 6.52. The first-order valence-corrected chi connectivity index (χ1v) is 7.32. The summed E-state index contributed by atoms with van der Waals surface area (Å²) in [4.78, 5) is 15.2. The number of aryl methyl sites for hydroxylation is 1. The van der Waals surface area contributed by atoms with Crippen molar-refractivity contribution in [3.63, 3.8) is 0 Å². The van der Waals surface area contributed by atoms with Crippen molar-refractivity contribution < 1.29 is 9.90 Å². The zero-order valence-electron chi connectivity index (χ0n) is 12.7. The van der Waals surface area contributed by atoms with E-state index in [0.29, 0.717) is 5.82 Å². The lowest BCUT2D eigenvalue weighted by atomic mass is 10.1. The Morgan fingerprint density at radius 1 is 1.29 bits per heavy atom. The highest BCUT2D eigenvalue weighted by Gasteiger charge is 2.18. The fraction of sp³-hybridized carbons (Fsp3) is 0.438. The van der Waals surface area contributed by atoms with Crippen LogP contribution in [-0.4, -0.2) is 25.8 Å². The fourth-order valence-corrected chi connectivity index (χ4v) is 2.16. The average molecular weight is 287 g/mol. The molecule has 0 unspecified atom stereocenters. The highest BCUT2D eigenvalue weighted by Crippen LogP contribution is 2.18. The van der Waals surface area contributed by atoms with Crippen molar-refractivity contribution >= 4 is 5.97 Å². The summed E-state index contributed by atoms with van der Waals surface area (Å²) in [5.74, 6) is -0.497. The molecule has 0 aliphatic heterocycles. The number of carbonyl (C=O) groups is 1. The van der Waals surface area contributed by atoms with E-state index in [4.69, 9.17) is 5.11 Å². The molecule has 0 saturated heterocycles. The quantitative estimate of drug-likeness (QED) is 0.883. The van der Waals surface area contributed by atoms with Gasteiger partial charge in [0.15, 0.2) is 0 Å². The molecule has 1 aromatic carbocycles. The molecule has 1 N–H and O–H groups in total. The minimum absolute atomic E-state index is 0.102. The number of carboxylic acids is 1. The SMILES string of the molecule is CCCCc1ccc(-n2nc(C(=O)O)nc2C(C)C)cc1.